The maximum atomic E-state index is 5.83. The molecule has 2 aromatic heterocycles. The summed E-state index contributed by atoms with van der Waals surface area (Å²) in [5.74, 6) is 0.643. The van der Waals surface area contributed by atoms with Gasteiger partial charge in [-0.25, -0.2) is 4.52 Å². The van der Waals surface area contributed by atoms with Gasteiger partial charge >= 0.3 is 0 Å². The van der Waals surface area contributed by atoms with Crippen molar-refractivity contribution in [3.05, 3.63) is 24.4 Å². The molecule has 0 aliphatic rings. The molecular formula is C16H26N4O2. The molecule has 0 bridgehead atoms. The Morgan fingerprint density at radius 3 is 2.82 bits per heavy atom. The van der Waals surface area contributed by atoms with Gasteiger partial charge in [-0.2, -0.15) is 0 Å². The molecule has 0 spiro atoms. The van der Waals surface area contributed by atoms with Crippen LogP contribution in [0.2, 0.25) is 0 Å². The van der Waals surface area contributed by atoms with Crippen LogP contribution in [-0.4, -0.2) is 61.5 Å². The molecule has 0 saturated heterocycles. The predicted molar refractivity (Wildman–Crippen MR) is 88.8 cm³/mol. The molecule has 0 amide bonds. The highest BCUT2D eigenvalue weighted by atomic mass is 16.5. The minimum absolute atomic E-state index is 0.600. The quantitative estimate of drug-likeness (QED) is 0.681. The van der Waals surface area contributed by atoms with E-state index in [-0.39, 0.29) is 0 Å². The molecule has 0 aliphatic heterocycles. The minimum atomic E-state index is 0.600. The first kappa shape index (κ1) is 16.6. The lowest BCUT2D eigenvalue weighted by Crippen LogP contribution is -2.28. The topological polar surface area (TPSA) is 51.0 Å². The van der Waals surface area contributed by atoms with E-state index >= 15 is 0 Å². The fourth-order valence-electron chi connectivity index (χ4n) is 2.19. The maximum absolute atomic E-state index is 5.83. The van der Waals surface area contributed by atoms with Gasteiger partial charge < -0.3 is 19.7 Å². The second-order valence-electron chi connectivity index (χ2n) is 5.22. The average Bonchev–Trinajstić information content (AvgIpc) is 2.89. The summed E-state index contributed by atoms with van der Waals surface area (Å²) in [4.78, 5) is 2.20. The van der Waals surface area contributed by atoms with Crippen molar-refractivity contribution >= 4 is 11.2 Å². The third-order valence-electron chi connectivity index (χ3n) is 3.44. The largest absolute Gasteiger partial charge is 0.474 e. The van der Waals surface area contributed by atoms with Crippen LogP contribution in [0, 0.1) is 0 Å². The monoisotopic (exact) mass is 306 g/mol. The number of nitrogens with one attached hydrogen (secondary N) is 1. The zero-order valence-corrected chi connectivity index (χ0v) is 13.7. The van der Waals surface area contributed by atoms with Crippen LogP contribution in [0.15, 0.2) is 24.4 Å². The summed E-state index contributed by atoms with van der Waals surface area (Å²) in [6, 6.07) is 5.96. The van der Waals surface area contributed by atoms with Crippen LogP contribution in [0.25, 0.3) is 5.52 Å². The minimum Gasteiger partial charge on any atom is -0.474 e. The zero-order valence-electron chi connectivity index (χ0n) is 13.7. The van der Waals surface area contributed by atoms with E-state index in [1.54, 1.807) is 0 Å². The number of aromatic nitrogens is 2. The smallest absolute Gasteiger partial charge is 0.257 e. The Kier molecular flexibility index (Phi) is 6.48. The molecule has 2 aromatic rings. The lowest BCUT2D eigenvalue weighted by Gasteiger charge is -2.16. The fourth-order valence-corrected chi connectivity index (χ4v) is 2.19. The van der Waals surface area contributed by atoms with E-state index in [9.17, 15) is 0 Å². The Labute approximate surface area is 132 Å². The van der Waals surface area contributed by atoms with Crippen LogP contribution in [0.1, 0.15) is 13.3 Å². The molecule has 0 saturated carbocycles. The van der Waals surface area contributed by atoms with Crippen molar-refractivity contribution in [2.24, 2.45) is 0 Å². The molecule has 6 nitrogen and oxygen atoms in total. The Morgan fingerprint density at radius 2 is 2.05 bits per heavy atom. The number of pyridine rings is 1. The van der Waals surface area contributed by atoms with Crippen LogP contribution in [0.3, 0.4) is 0 Å². The number of ether oxygens (including phenoxy) is 2. The number of nitrogens with zero attached hydrogens (tertiary/aromatic N) is 3. The fraction of sp³-hybridized carbons (Fsp3) is 0.562. The molecule has 0 unspecified atom stereocenters. The molecule has 1 N–H and O–H groups in total. The lowest BCUT2D eigenvalue weighted by molar-refractivity contribution is 0.107. The van der Waals surface area contributed by atoms with Crippen molar-refractivity contribution in [1.82, 2.24) is 14.5 Å². The van der Waals surface area contributed by atoms with E-state index in [4.69, 9.17) is 9.47 Å². The molecule has 0 atom stereocenters. The Hall–Kier alpha value is -1.79. The van der Waals surface area contributed by atoms with E-state index in [2.05, 4.69) is 29.3 Å². The van der Waals surface area contributed by atoms with Crippen LogP contribution in [0.5, 0.6) is 5.88 Å². The maximum Gasteiger partial charge on any atom is 0.257 e. The van der Waals surface area contributed by atoms with Gasteiger partial charge in [0.1, 0.15) is 12.3 Å². The summed E-state index contributed by atoms with van der Waals surface area (Å²) in [6.45, 7) is 6.06. The number of fused-ring (bicyclic) bond motifs is 1. The Morgan fingerprint density at radius 1 is 1.23 bits per heavy atom. The molecule has 2 heterocycles. The van der Waals surface area contributed by atoms with Gasteiger partial charge in [-0.3, -0.25) is 0 Å². The van der Waals surface area contributed by atoms with Crippen molar-refractivity contribution in [3.8, 4) is 5.88 Å². The molecule has 0 aromatic carbocycles. The van der Waals surface area contributed by atoms with E-state index in [1.165, 1.54) is 0 Å². The van der Waals surface area contributed by atoms with Crippen LogP contribution < -0.4 is 10.1 Å². The molecule has 0 fully saturated rings. The van der Waals surface area contributed by atoms with Crippen molar-refractivity contribution < 1.29 is 9.47 Å². The zero-order chi connectivity index (χ0) is 15.8. The molecule has 6 heteroatoms. The second kappa shape index (κ2) is 8.60. The molecule has 0 aliphatic carbocycles. The summed E-state index contributed by atoms with van der Waals surface area (Å²) in [6.07, 6.45) is 2.98. The molecular weight excluding hydrogens is 280 g/mol. The highest BCUT2D eigenvalue weighted by molar-refractivity contribution is 5.76. The number of hydrogen-bond acceptors (Lipinski definition) is 5. The van der Waals surface area contributed by atoms with Crippen molar-refractivity contribution in [3.63, 3.8) is 0 Å². The summed E-state index contributed by atoms with van der Waals surface area (Å²) in [5.41, 5.74) is 1.94. The Balaban J connectivity index is 1.81. The number of anilines is 1. The van der Waals surface area contributed by atoms with Crippen molar-refractivity contribution in [2.75, 3.05) is 52.3 Å². The van der Waals surface area contributed by atoms with Gasteiger partial charge in [0.15, 0.2) is 0 Å². The van der Waals surface area contributed by atoms with E-state index < -0.39 is 0 Å². The number of rotatable bonds is 10. The van der Waals surface area contributed by atoms with Crippen molar-refractivity contribution in [1.29, 1.82) is 0 Å². The first-order valence-electron chi connectivity index (χ1n) is 7.80. The van der Waals surface area contributed by atoms with E-state index in [0.29, 0.717) is 12.5 Å². The molecule has 0 radical (unpaired) electrons. The molecule has 22 heavy (non-hydrogen) atoms. The van der Waals surface area contributed by atoms with Gasteiger partial charge in [0.05, 0.1) is 12.1 Å². The van der Waals surface area contributed by atoms with E-state index in [0.717, 1.165) is 43.9 Å². The number of likely N-dealkylation sites (N-methyl/N-ethyl adjacent to an activating group) is 1. The van der Waals surface area contributed by atoms with Gasteiger partial charge in [0.2, 0.25) is 0 Å². The van der Waals surface area contributed by atoms with Gasteiger partial charge in [0.25, 0.3) is 5.88 Å². The average molecular weight is 306 g/mol. The van der Waals surface area contributed by atoms with Crippen LogP contribution in [0.4, 0.5) is 5.69 Å². The van der Waals surface area contributed by atoms with Crippen LogP contribution in [-0.2, 0) is 4.74 Å². The van der Waals surface area contributed by atoms with Gasteiger partial charge in [0, 0.05) is 32.9 Å². The summed E-state index contributed by atoms with van der Waals surface area (Å²) >= 11 is 0. The van der Waals surface area contributed by atoms with Crippen LogP contribution >= 0.6 is 0 Å². The first-order valence-corrected chi connectivity index (χ1v) is 7.80. The first-order chi connectivity index (χ1) is 10.8. The molecule has 2 rings (SSSR count). The highest BCUT2D eigenvalue weighted by Crippen LogP contribution is 2.27. The third-order valence-corrected chi connectivity index (χ3v) is 3.44. The lowest BCUT2D eigenvalue weighted by atomic mass is 10.3. The van der Waals surface area contributed by atoms with Gasteiger partial charge in [-0.15, -0.1) is 5.10 Å². The van der Waals surface area contributed by atoms with Gasteiger partial charge in [-0.1, -0.05) is 13.0 Å². The highest BCUT2D eigenvalue weighted by Gasteiger charge is 2.12. The summed E-state index contributed by atoms with van der Waals surface area (Å²) in [5, 5.41) is 7.62. The summed E-state index contributed by atoms with van der Waals surface area (Å²) < 4.78 is 13.1. The number of hydrogen-bond donors (Lipinski definition) is 1. The summed E-state index contributed by atoms with van der Waals surface area (Å²) in [7, 11) is 3.95. The van der Waals surface area contributed by atoms with E-state index in [1.807, 2.05) is 36.0 Å². The van der Waals surface area contributed by atoms with Crippen molar-refractivity contribution in [2.45, 2.75) is 13.3 Å². The molecule has 122 valence electrons. The predicted octanol–water partition coefficient (Wildman–Crippen LogP) is 2.11. The SMILES string of the molecule is CCCOCCN(C)CCOc1nn2ccccc2c1NC. The third kappa shape index (κ3) is 4.35. The van der Waals surface area contributed by atoms with Gasteiger partial charge in [-0.05, 0) is 25.6 Å². The second-order valence-corrected chi connectivity index (χ2v) is 5.22. The normalized spacial score (nSPS) is 11.3. The standard InChI is InChI=1S/C16H26N4O2/c1-4-11-21-12-9-19(3)10-13-22-16-15(17-2)14-7-5-6-8-20(14)18-16/h5-8,17H,4,9-13H2,1-3H3. The Bertz CT molecular complexity index is 570.